The number of carbonyl (C=O) groups is 2. The summed E-state index contributed by atoms with van der Waals surface area (Å²) in [4.78, 5) is 23.3. The number of nitrogens with one attached hydrogen (secondary N) is 2. The summed E-state index contributed by atoms with van der Waals surface area (Å²) in [7, 11) is 0. The van der Waals surface area contributed by atoms with Crippen LogP contribution in [0.4, 0.5) is 4.39 Å². The molecule has 24 heavy (non-hydrogen) atoms. The van der Waals surface area contributed by atoms with Crippen molar-refractivity contribution in [3.05, 3.63) is 66.0 Å². The second-order valence-electron chi connectivity index (χ2n) is 5.09. The van der Waals surface area contributed by atoms with Gasteiger partial charge < -0.3 is 15.4 Å². The molecule has 0 saturated carbocycles. The molecule has 0 unspecified atom stereocenters. The summed E-state index contributed by atoms with van der Waals surface area (Å²) in [6, 6.07) is 15.0. The molecule has 2 rings (SSSR count). The number of amides is 2. The van der Waals surface area contributed by atoms with Crippen LogP contribution in [0.2, 0.25) is 0 Å². The molecular formula is C18H19FN2O3. The number of benzene rings is 2. The Kier molecular flexibility index (Phi) is 6.76. The number of para-hydroxylation sites is 1. The molecule has 2 amide bonds. The molecule has 2 N–H and O–H groups in total. The van der Waals surface area contributed by atoms with Gasteiger partial charge in [0, 0.05) is 6.54 Å². The van der Waals surface area contributed by atoms with Crippen LogP contribution < -0.4 is 15.4 Å². The van der Waals surface area contributed by atoms with E-state index in [2.05, 4.69) is 10.6 Å². The highest BCUT2D eigenvalue weighted by atomic mass is 19.1. The fraction of sp³-hybridized carbons (Fsp3) is 0.222. The third-order valence-corrected chi connectivity index (χ3v) is 3.19. The van der Waals surface area contributed by atoms with Gasteiger partial charge in [0.15, 0.2) is 0 Å². The lowest BCUT2D eigenvalue weighted by atomic mass is 10.2. The third-order valence-electron chi connectivity index (χ3n) is 3.19. The number of rotatable bonds is 8. The summed E-state index contributed by atoms with van der Waals surface area (Å²) in [5.74, 6) is -0.197. The van der Waals surface area contributed by atoms with Crippen molar-refractivity contribution in [2.75, 3.05) is 13.2 Å². The minimum atomic E-state index is -0.324. The van der Waals surface area contributed by atoms with E-state index in [0.717, 1.165) is 5.56 Å². The topological polar surface area (TPSA) is 67.4 Å². The zero-order chi connectivity index (χ0) is 17.2. The average Bonchev–Trinajstić information content (AvgIpc) is 2.60. The quantitative estimate of drug-likeness (QED) is 0.778. The van der Waals surface area contributed by atoms with Gasteiger partial charge in [0.1, 0.15) is 11.6 Å². The van der Waals surface area contributed by atoms with E-state index in [1.165, 1.54) is 12.1 Å². The van der Waals surface area contributed by atoms with Gasteiger partial charge in [-0.15, -0.1) is 0 Å². The molecule has 0 fully saturated rings. The van der Waals surface area contributed by atoms with E-state index in [9.17, 15) is 14.0 Å². The van der Waals surface area contributed by atoms with E-state index in [1.807, 2.05) is 18.2 Å². The SMILES string of the molecule is O=C(CCOc1ccccc1)NCC(=O)NCc1ccc(F)cc1. The van der Waals surface area contributed by atoms with E-state index in [1.54, 1.807) is 24.3 Å². The van der Waals surface area contributed by atoms with Crippen molar-refractivity contribution in [2.45, 2.75) is 13.0 Å². The van der Waals surface area contributed by atoms with Gasteiger partial charge in [-0.2, -0.15) is 0 Å². The first-order valence-electron chi connectivity index (χ1n) is 7.59. The third kappa shape index (κ3) is 6.48. The van der Waals surface area contributed by atoms with Crippen molar-refractivity contribution >= 4 is 11.8 Å². The van der Waals surface area contributed by atoms with Gasteiger partial charge in [-0.3, -0.25) is 9.59 Å². The molecular weight excluding hydrogens is 311 g/mol. The number of ether oxygens (including phenoxy) is 1. The summed E-state index contributed by atoms with van der Waals surface area (Å²) in [6.45, 7) is 0.421. The molecule has 0 radical (unpaired) electrons. The number of halogens is 1. The molecule has 6 heteroatoms. The molecule has 0 saturated heterocycles. The summed E-state index contributed by atoms with van der Waals surface area (Å²) in [6.07, 6.45) is 0.167. The van der Waals surface area contributed by atoms with Crippen LogP contribution in [0.5, 0.6) is 5.75 Å². The highest BCUT2D eigenvalue weighted by Crippen LogP contribution is 2.08. The molecule has 0 bridgehead atoms. The summed E-state index contributed by atoms with van der Waals surface area (Å²) in [5, 5.41) is 5.17. The van der Waals surface area contributed by atoms with Crippen LogP contribution in [0.3, 0.4) is 0 Å². The summed E-state index contributed by atoms with van der Waals surface area (Å²) < 4.78 is 18.2. The maximum Gasteiger partial charge on any atom is 0.239 e. The predicted molar refractivity (Wildman–Crippen MR) is 87.8 cm³/mol. The monoisotopic (exact) mass is 330 g/mol. The van der Waals surface area contributed by atoms with E-state index in [4.69, 9.17) is 4.74 Å². The van der Waals surface area contributed by atoms with E-state index in [-0.39, 0.29) is 43.7 Å². The van der Waals surface area contributed by atoms with Crippen LogP contribution in [0, 0.1) is 5.82 Å². The molecule has 0 atom stereocenters. The predicted octanol–water partition coefficient (Wildman–Crippen LogP) is 2.03. The molecule has 5 nitrogen and oxygen atoms in total. The zero-order valence-corrected chi connectivity index (χ0v) is 13.1. The highest BCUT2D eigenvalue weighted by Gasteiger charge is 2.06. The Morgan fingerprint density at radius 1 is 0.917 bits per heavy atom. The molecule has 0 spiro atoms. The van der Waals surface area contributed by atoms with E-state index >= 15 is 0 Å². The Labute approximate surface area is 139 Å². The Morgan fingerprint density at radius 3 is 2.33 bits per heavy atom. The average molecular weight is 330 g/mol. The first kappa shape index (κ1) is 17.5. The second kappa shape index (κ2) is 9.29. The van der Waals surface area contributed by atoms with Crippen molar-refractivity contribution in [2.24, 2.45) is 0 Å². The Hall–Kier alpha value is -2.89. The maximum atomic E-state index is 12.8. The van der Waals surface area contributed by atoms with Gasteiger partial charge in [0.2, 0.25) is 11.8 Å². The van der Waals surface area contributed by atoms with Crippen LogP contribution in [0.1, 0.15) is 12.0 Å². The fourth-order valence-corrected chi connectivity index (χ4v) is 1.91. The van der Waals surface area contributed by atoms with Crippen molar-refractivity contribution in [3.63, 3.8) is 0 Å². The van der Waals surface area contributed by atoms with Crippen molar-refractivity contribution in [3.8, 4) is 5.75 Å². The van der Waals surface area contributed by atoms with Gasteiger partial charge in [0.05, 0.1) is 19.6 Å². The Morgan fingerprint density at radius 2 is 1.62 bits per heavy atom. The van der Waals surface area contributed by atoms with Crippen LogP contribution in [0.15, 0.2) is 54.6 Å². The lowest BCUT2D eigenvalue weighted by molar-refractivity contribution is -0.126. The van der Waals surface area contributed by atoms with Gasteiger partial charge in [-0.1, -0.05) is 30.3 Å². The fourth-order valence-electron chi connectivity index (χ4n) is 1.91. The summed E-state index contributed by atoms with van der Waals surface area (Å²) in [5.41, 5.74) is 0.785. The van der Waals surface area contributed by atoms with Crippen molar-refractivity contribution in [1.29, 1.82) is 0 Å². The summed E-state index contributed by atoms with van der Waals surface area (Å²) >= 11 is 0. The highest BCUT2D eigenvalue weighted by molar-refractivity contribution is 5.84. The Bertz CT molecular complexity index is 660. The number of carbonyl (C=O) groups excluding carboxylic acids is 2. The first-order chi connectivity index (χ1) is 11.6. The molecule has 0 aliphatic rings. The van der Waals surface area contributed by atoms with Crippen molar-refractivity contribution in [1.82, 2.24) is 10.6 Å². The molecule has 2 aromatic carbocycles. The molecule has 126 valence electrons. The lowest BCUT2D eigenvalue weighted by Gasteiger charge is -2.08. The van der Waals surface area contributed by atoms with E-state index in [0.29, 0.717) is 5.75 Å². The van der Waals surface area contributed by atoms with Gasteiger partial charge in [-0.25, -0.2) is 4.39 Å². The Balaban J connectivity index is 1.59. The first-order valence-corrected chi connectivity index (χ1v) is 7.59. The maximum absolute atomic E-state index is 12.8. The van der Waals surface area contributed by atoms with Gasteiger partial charge in [0.25, 0.3) is 0 Å². The zero-order valence-electron chi connectivity index (χ0n) is 13.1. The molecule has 0 aliphatic carbocycles. The van der Waals surface area contributed by atoms with Crippen LogP contribution in [0.25, 0.3) is 0 Å². The molecule has 2 aromatic rings. The van der Waals surface area contributed by atoms with Crippen LogP contribution in [-0.2, 0) is 16.1 Å². The number of hydrogen-bond acceptors (Lipinski definition) is 3. The van der Waals surface area contributed by atoms with Crippen molar-refractivity contribution < 1.29 is 18.7 Å². The van der Waals surface area contributed by atoms with Gasteiger partial charge in [-0.05, 0) is 29.8 Å². The molecule has 0 aliphatic heterocycles. The van der Waals surface area contributed by atoms with E-state index < -0.39 is 0 Å². The number of hydrogen-bond donors (Lipinski definition) is 2. The van der Waals surface area contributed by atoms with Gasteiger partial charge >= 0.3 is 0 Å². The lowest BCUT2D eigenvalue weighted by Crippen LogP contribution is -2.37. The van der Waals surface area contributed by atoms with Crippen LogP contribution >= 0.6 is 0 Å². The molecule has 0 aromatic heterocycles. The smallest absolute Gasteiger partial charge is 0.239 e. The second-order valence-corrected chi connectivity index (χ2v) is 5.09. The largest absolute Gasteiger partial charge is 0.493 e. The molecule has 0 heterocycles. The standard InChI is InChI=1S/C18H19FN2O3/c19-15-8-6-14(7-9-15)12-20-18(23)13-21-17(22)10-11-24-16-4-2-1-3-5-16/h1-9H,10-13H2,(H,20,23)(H,21,22). The minimum Gasteiger partial charge on any atom is -0.493 e. The normalized spacial score (nSPS) is 10.0. The van der Waals surface area contributed by atoms with Crippen LogP contribution in [-0.4, -0.2) is 25.0 Å². The minimum absolute atomic E-state index is 0.106.